The molecule has 1 heterocycles. The highest BCUT2D eigenvalue weighted by atomic mass is 19.3. The van der Waals surface area contributed by atoms with Crippen molar-refractivity contribution in [1.82, 2.24) is 10.2 Å². The van der Waals surface area contributed by atoms with Gasteiger partial charge in [0, 0.05) is 18.7 Å². The smallest absolute Gasteiger partial charge is 0.387 e. The molecule has 6 nitrogen and oxygen atoms in total. The molecule has 1 saturated heterocycles. The molecular weight excluding hydrogens is 418 g/mol. The number of benzene rings is 2. The Morgan fingerprint density at radius 1 is 1.09 bits per heavy atom. The van der Waals surface area contributed by atoms with E-state index in [9.17, 15) is 18.4 Å². The fraction of sp³-hybridized carbons (Fsp3) is 0.417. The highest BCUT2D eigenvalue weighted by molar-refractivity contribution is 5.97. The summed E-state index contributed by atoms with van der Waals surface area (Å²) in [6.45, 7) is -1.75. The van der Waals surface area contributed by atoms with E-state index in [2.05, 4.69) is 22.2 Å². The maximum atomic E-state index is 12.5. The number of rotatable bonds is 9. The zero-order valence-corrected chi connectivity index (χ0v) is 18.1. The van der Waals surface area contributed by atoms with Crippen LogP contribution in [0.3, 0.4) is 0 Å². The maximum Gasteiger partial charge on any atom is 0.387 e. The summed E-state index contributed by atoms with van der Waals surface area (Å²) in [7, 11) is 1.29. The summed E-state index contributed by atoms with van der Waals surface area (Å²) in [6.07, 6.45) is 4.06. The van der Waals surface area contributed by atoms with Crippen LogP contribution >= 0.6 is 0 Å². The molecule has 0 unspecified atom stereocenters. The molecular formula is C24H28F2N2O4. The number of carbonyl (C=O) groups is 2. The molecule has 0 saturated carbocycles. The number of likely N-dealkylation sites (tertiary alicyclic amines) is 1. The number of hydrogen-bond acceptors (Lipinski definition) is 4. The minimum absolute atomic E-state index is 0.0156. The predicted octanol–water partition coefficient (Wildman–Crippen LogP) is 3.90. The summed E-state index contributed by atoms with van der Waals surface area (Å²) in [6, 6.07) is 14.3. The van der Waals surface area contributed by atoms with Crippen molar-refractivity contribution in [2.75, 3.05) is 26.7 Å². The molecule has 0 aliphatic carbocycles. The summed E-state index contributed by atoms with van der Waals surface area (Å²) in [5, 5.41) is 2.59. The van der Waals surface area contributed by atoms with Crippen LogP contribution in [0.2, 0.25) is 0 Å². The van der Waals surface area contributed by atoms with Gasteiger partial charge in [-0.1, -0.05) is 30.3 Å². The van der Waals surface area contributed by atoms with Gasteiger partial charge in [0.05, 0.1) is 13.7 Å². The number of nitrogens with zero attached hydrogens (tertiary/aromatic N) is 1. The van der Waals surface area contributed by atoms with Crippen molar-refractivity contribution in [2.24, 2.45) is 5.92 Å². The molecule has 0 atom stereocenters. The summed E-state index contributed by atoms with van der Waals surface area (Å²) in [5.74, 6) is -0.176. The van der Waals surface area contributed by atoms with E-state index in [1.54, 1.807) is 4.90 Å². The Morgan fingerprint density at radius 2 is 1.81 bits per heavy atom. The quantitative estimate of drug-likeness (QED) is 0.635. The SMILES string of the molecule is COc1cc(C(=O)NCC(=O)N2CCC(CCc3ccccc3)CC2)ccc1OC(F)F. The molecule has 32 heavy (non-hydrogen) atoms. The largest absolute Gasteiger partial charge is 0.493 e. The Kier molecular flexibility index (Phi) is 8.41. The Labute approximate surface area is 186 Å². The third-order valence-corrected chi connectivity index (χ3v) is 5.69. The fourth-order valence-corrected chi connectivity index (χ4v) is 3.86. The Hall–Kier alpha value is -3.16. The number of amides is 2. The standard InChI is InChI=1S/C24H28F2N2O4/c1-31-21-15-19(9-10-20(21)32-24(25)26)23(30)27-16-22(29)28-13-11-18(12-14-28)8-7-17-5-3-2-4-6-17/h2-6,9-10,15,18,24H,7-8,11-14,16H2,1H3,(H,27,30). The fourth-order valence-electron chi connectivity index (χ4n) is 3.86. The Morgan fingerprint density at radius 3 is 2.47 bits per heavy atom. The summed E-state index contributed by atoms with van der Waals surface area (Å²) in [4.78, 5) is 26.7. The van der Waals surface area contributed by atoms with Crippen molar-refractivity contribution in [2.45, 2.75) is 32.3 Å². The summed E-state index contributed by atoms with van der Waals surface area (Å²) in [5.41, 5.74) is 1.52. The number of ether oxygens (including phenoxy) is 2. The molecule has 0 bridgehead atoms. The van der Waals surface area contributed by atoms with Crippen LogP contribution in [0.25, 0.3) is 0 Å². The molecule has 0 radical (unpaired) electrons. The number of hydrogen-bond donors (Lipinski definition) is 1. The second-order valence-corrected chi connectivity index (χ2v) is 7.78. The van der Waals surface area contributed by atoms with Crippen molar-refractivity contribution >= 4 is 11.8 Å². The van der Waals surface area contributed by atoms with Gasteiger partial charge >= 0.3 is 6.61 Å². The van der Waals surface area contributed by atoms with Crippen molar-refractivity contribution < 1.29 is 27.8 Å². The normalized spacial score (nSPS) is 14.3. The molecule has 2 amide bonds. The Bertz CT molecular complexity index is 900. The van der Waals surface area contributed by atoms with E-state index in [0.29, 0.717) is 19.0 Å². The topological polar surface area (TPSA) is 67.9 Å². The van der Waals surface area contributed by atoms with Gasteiger partial charge in [-0.2, -0.15) is 8.78 Å². The third-order valence-electron chi connectivity index (χ3n) is 5.69. The molecule has 0 aromatic heterocycles. The molecule has 172 valence electrons. The molecule has 1 fully saturated rings. The highest BCUT2D eigenvalue weighted by Crippen LogP contribution is 2.29. The molecule has 8 heteroatoms. The number of nitrogens with one attached hydrogen (secondary N) is 1. The van der Waals surface area contributed by atoms with Crippen LogP contribution < -0.4 is 14.8 Å². The lowest BCUT2D eigenvalue weighted by Crippen LogP contribution is -2.44. The first-order valence-corrected chi connectivity index (χ1v) is 10.7. The van der Waals surface area contributed by atoms with Crippen molar-refractivity contribution in [3.63, 3.8) is 0 Å². The molecule has 1 N–H and O–H groups in total. The number of alkyl halides is 2. The number of halogens is 2. The average Bonchev–Trinajstić information content (AvgIpc) is 2.82. The van der Waals surface area contributed by atoms with E-state index in [-0.39, 0.29) is 29.5 Å². The lowest BCUT2D eigenvalue weighted by Gasteiger charge is -2.32. The van der Waals surface area contributed by atoms with Crippen LogP contribution in [0, 0.1) is 5.92 Å². The second kappa shape index (κ2) is 11.5. The zero-order chi connectivity index (χ0) is 22.9. The lowest BCUT2D eigenvalue weighted by atomic mass is 9.90. The van der Waals surface area contributed by atoms with Gasteiger partial charge in [0.2, 0.25) is 5.91 Å². The number of aryl methyl sites for hydroxylation is 1. The highest BCUT2D eigenvalue weighted by Gasteiger charge is 2.23. The number of piperidine rings is 1. The predicted molar refractivity (Wildman–Crippen MR) is 116 cm³/mol. The van der Waals surface area contributed by atoms with Crippen LogP contribution in [0.4, 0.5) is 8.78 Å². The molecule has 2 aromatic carbocycles. The average molecular weight is 446 g/mol. The summed E-state index contributed by atoms with van der Waals surface area (Å²) >= 11 is 0. The minimum atomic E-state index is -3.00. The van der Waals surface area contributed by atoms with Crippen molar-refractivity contribution in [3.8, 4) is 11.5 Å². The van der Waals surface area contributed by atoms with E-state index in [0.717, 1.165) is 25.7 Å². The second-order valence-electron chi connectivity index (χ2n) is 7.78. The van der Waals surface area contributed by atoms with Crippen LogP contribution in [-0.4, -0.2) is 50.1 Å². The first kappa shape index (κ1) is 23.5. The maximum absolute atomic E-state index is 12.5. The van der Waals surface area contributed by atoms with Crippen LogP contribution in [0.1, 0.15) is 35.2 Å². The van der Waals surface area contributed by atoms with E-state index in [4.69, 9.17) is 4.74 Å². The number of carbonyl (C=O) groups excluding carboxylic acids is 2. The molecule has 0 spiro atoms. The van der Waals surface area contributed by atoms with Gasteiger partial charge in [0.25, 0.3) is 5.91 Å². The lowest BCUT2D eigenvalue weighted by molar-refractivity contribution is -0.131. The van der Waals surface area contributed by atoms with E-state index in [1.807, 2.05) is 18.2 Å². The van der Waals surface area contributed by atoms with E-state index >= 15 is 0 Å². The number of methoxy groups -OCH3 is 1. The Balaban J connectivity index is 1.43. The first-order valence-electron chi connectivity index (χ1n) is 10.7. The van der Waals surface area contributed by atoms with E-state index < -0.39 is 12.5 Å². The molecule has 1 aliphatic rings. The van der Waals surface area contributed by atoms with Gasteiger partial charge in [-0.25, -0.2) is 0 Å². The van der Waals surface area contributed by atoms with Gasteiger partial charge in [-0.3, -0.25) is 9.59 Å². The molecule has 1 aliphatic heterocycles. The monoisotopic (exact) mass is 446 g/mol. The minimum Gasteiger partial charge on any atom is -0.493 e. The van der Waals surface area contributed by atoms with Crippen LogP contribution in [-0.2, 0) is 11.2 Å². The van der Waals surface area contributed by atoms with Gasteiger partial charge in [0.1, 0.15) is 0 Å². The zero-order valence-electron chi connectivity index (χ0n) is 18.1. The summed E-state index contributed by atoms with van der Waals surface area (Å²) < 4.78 is 34.2. The van der Waals surface area contributed by atoms with Crippen LogP contribution in [0.5, 0.6) is 11.5 Å². The van der Waals surface area contributed by atoms with Gasteiger partial charge in [0.15, 0.2) is 11.5 Å². The third kappa shape index (κ3) is 6.67. The van der Waals surface area contributed by atoms with Crippen LogP contribution in [0.15, 0.2) is 48.5 Å². The van der Waals surface area contributed by atoms with E-state index in [1.165, 1.54) is 30.9 Å². The van der Waals surface area contributed by atoms with Gasteiger partial charge in [-0.15, -0.1) is 0 Å². The van der Waals surface area contributed by atoms with Gasteiger partial charge in [-0.05, 0) is 55.4 Å². The van der Waals surface area contributed by atoms with Crippen molar-refractivity contribution in [3.05, 3.63) is 59.7 Å². The first-order chi connectivity index (χ1) is 15.5. The molecule has 3 rings (SSSR count). The van der Waals surface area contributed by atoms with Gasteiger partial charge < -0.3 is 19.7 Å². The molecule has 2 aromatic rings. The van der Waals surface area contributed by atoms with Crippen molar-refractivity contribution in [1.29, 1.82) is 0 Å².